The SMILES string of the molecule is Cc1ccc(-c2nc(S[C@@H]3CC(=O)N(c4ccc5ccccc5c4)C3=O)n[nH]2)cc1. The van der Waals surface area contributed by atoms with E-state index in [-0.39, 0.29) is 18.2 Å². The van der Waals surface area contributed by atoms with E-state index in [9.17, 15) is 9.59 Å². The maximum Gasteiger partial charge on any atom is 0.247 e. The fraction of sp³-hybridized carbons (Fsp3) is 0.130. The van der Waals surface area contributed by atoms with Crippen LogP contribution < -0.4 is 4.90 Å². The lowest BCUT2D eigenvalue weighted by Gasteiger charge is -2.15. The van der Waals surface area contributed by atoms with Crippen molar-refractivity contribution in [3.05, 3.63) is 72.3 Å². The summed E-state index contributed by atoms with van der Waals surface area (Å²) in [6.07, 6.45) is 0.130. The smallest absolute Gasteiger partial charge is 0.247 e. The van der Waals surface area contributed by atoms with Crippen molar-refractivity contribution < 1.29 is 9.59 Å². The van der Waals surface area contributed by atoms with Gasteiger partial charge in [0.1, 0.15) is 5.25 Å². The van der Waals surface area contributed by atoms with Gasteiger partial charge in [-0.2, -0.15) is 0 Å². The van der Waals surface area contributed by atoms with Crippen molar-refractivity contribution in [2.45, 2.75) is 23.8 Å². The Morgan fingerprint density at radius 3 is 2.57 bits per heavy atom. The molecule has 30 heavy (non-hydrogen) atoms. The van der Waals surface area contributed by atoms with Crippen molar-refractivity contribution in [1.82, 2.24) is 15.2 Å². The molecule has 1 atom stereocenters. The number of aromatic amines is 1. The molecule has 0 bridgehead atoms. The number of aryl methyl sites for hydroxylation is 1. The Hall–Kier alpha value is -3.45. The van der Waals surface area contributed by atoms with Crippen LogP contribution in [0.15, 0.2) is 71.9 Å². The van der Waals surface area contributed by atoms with Crippen LogP contribution in [0.4, 0.5) is 5.69 Å². The van der Waals surface area contributed by atoms with E-state index in [1.54, 1.807) is 0 Å². The van der Waals surface area contributed by atoms with Gasteiger partial charge in [0.05, 0.1) is 5.69 Å². The van der Waals surface area contributed by atoms with Gasteiger partial charge in [-0.25, -0.2) is 9.88 Å². The van der Waals surface area contributed by atoms with Crippen LogP contribution in [0.25, 0.3) is 22.2 Å². The molecule has 0 spiro atoms. The summed E-state index contributed by atoms with van der Waals surface area (Å²) in [6, 6.07) is 21.4. The number of hydrogen-bond donors (Lipinski definition) is 1. The molecule has 0 unspecified atom stereocenters. The summed E-state index contributed by atoms with van der Waals surface area (Å²) in [5.41, 5.74) is 2.69. The topological polar surface area (TPSA) is 79.0 Å². The summed E-state index contributed by atoms with van der Waals surface area (Å²) in [7, 11) is 0. The van der Waals surface area contributed by atoms with Crippen LogP contribution in [0, 0.1) is 6.92 Å². The average molecular weight is 414 g/mol. The zero-order chi connectivity index (χ0) is 20.7. The zero-order valence-corrected chi connectivity index (χ0v) is 17.0. The molecule has 1 aliphatic heterocycles. The number of nitrogens with one attached hydrogen (secondary N) is 1. The second-order valence-electron chi connectivity index (χ2n) is 7.24. The quantitative estimate of drug-likeness (QED) is 0.502. The average Bonchev–Trinajstić information content (AvgIpc) is 3.33. The number of thioether (sulfide) groups is 1. The van der Waals surface area contributed by atoms with Crippen LogP contribution in [-0.4, -0.2) is 32.2 Å². The summed E-state index contributed by atoms with van der Waals surface area (Å²) < 4.78 is 0. The van der Waals surface area contributed by atoms with Crippen LogP contribution in [-0.2, 0) is 9.59 Å². The van der Waals surface area contributed by atoms with Gasteiger partial charge in [-0.15, -0.1) is 5.10 Å². The van der Waals surface area contributed by atoms with Gasteiger partial charge in [0, 0.05) is 12.0 Å². The fourth-order valence-electron chi connectivity index (χ4n) is 3.55. The molecule has 1 saturated heterocycles. The highest BCUT2D eigenvalue weighted by atomic mass is 32.2. The highest BCUT2D eigenvalue weighted by Gasteiger charge is 2.40. The first kappa shape index (κ1) is 18.6. The molecule has 1 aliphatic rings. The molecule has 1 fully saturated rings. The number of benzene rings is 3. The van der Waals surface area contributed by atoms with Crippen molar-refractivity contribution in [1.29, 1.82) is 0 Å². The Kier molecular flexibility index (Phi) is 4.59. The lowest BCUT2D eigenvalue weighted by Crippen LogP contribution is -2.31. The number of fused-ring (bicyclic) bond motifs is 1. The van der Waals surface area contributed by atoms with E-state index in [0.29, 0.717) is 16.7 Å². The molecule has 1 aromatic heterocycles. The lowest BCUT2D eigenvalue weighted by atomic mass is 10.1. The highest BCUT2D eigenvalue weighted by Crippen LogP contribution is 2.34. The standard InChI is InChI=1S/C23H18N4O2S/c1-14-6-8-16(9-7-14)21-24-23(26-25-21)30-19-13-20(28)27(22(19)29)18-11-10-15-4-2-3-5-17(15)12-18/h2-12,19H,13H2,1H3,(H,24,25,26)/t19-/m1/s1. The van der Waals surface area contributed by atoms with E-state index < -0.39 is 5.25 Å². The Morgan fingerprint density at radius 2 is 1.77 bits per heavy atom. The molecule has 0 radical (unpaired) electrons. The molecule has 148 valence electrons. The molecular formula is C23H18N4O2S. The minimum Gasteiger partial charge on any atom is -0.274 e. The predicted molar refractivity (Wildman–Crippen MR) is 117 cm³/mol. The van der Waals surface area contributed by atoms with Crippen molar-refractivity contribution in [3.8, 4) is 11.4 Å². The summed E-state index contributed by atoms with van der Waals surface area (Å²) in [5, 5.41) is 9.11. The number of anilines is 1. The second-order valence-corrected chi connectivity index (χ2v) is 8.41. The third-order valence-corrected chi connectivity index (χ3v) is 6.18. The van der Waals surface area contributed by atoms with Crippen molar-refractivity contribution in [2.75, 3.05) is 4.90 Å². The number of aromatic nitrogens is 3. The maximum absolute atomic E-state index is 13.0. The molecule has 7 heteroatoms. The van der Waals surface area contributed by atoms with E-state index >= 15 is 0 Å². The summed E-state index contributed by atoms with van der Waals surface area (Å²) in [5.74, 6) is 0.199. The van der Waals surface area contributed by atoms with E-state index in [4.69, 9.17) is 0 Å². The largest absolute Gasteiger partial charge is 0.274 e. The van der Waals surface area contributed by atoms with Crippen molar-refractivity contribution >= 4 is 40.0 Å². The third-order valence-electron chi connectivity index (χ3n) is 5.13. The second kappa shape index (κ2) is 7.42. The van der Waals surface area contributed by atoms with Gasteiger partial charge in [-0.3, -0.25) is 14.7 Å². The third kappa shape index (κ3) is 3.37. The Morgan fingerprint density at radius 1 is 1.00 bits per heavy atom. The van der Waals surface area contributed by atoms with Gasteiger partial charge >= 0.3 is 0 Å². The van der Waals surface area contributed by atoms with Crippen LogP contribution >= 0.6 is 11.8 Å². The number of imide groups is 1. The molecular weight excluding hydrogens is 396 g/mol. The first-order valence-corrected chi connectivity index (χ1v) is 10.5. The molecule has 5 rings (SSSR count). The normalized spacial score (nSPS) is 16.6. The van der Waals surface area contributed by atoms with E-state index in [1.165, 1.54) is 16.7 Å². The molecule has 4 aromatic rings. The van der Waals surface area contributed by atoms with Crippen LogP contribution in [0.1, 0.15) is 12.0 Å². The van der Waals surface area contributed by atoms with Gasteiger partial charge in [0.25, 0.3) is 0 Å². The first-order chi connectivity index (χ1) is 14.6. The minimum atomic E-state index is -0.536. The Balaban J connectivity index is 1.36. The number of H-pyrrole nitrogens is 1. The van der Waals surface area contributed by atoms with E-state index in [1.807, 2.05) is 73.7 Å². The molecule has 0 saturated carbocycles. The maximum atomic E-state index is 13.0. The molecule has 0 aliphatic carbocycles. The van der Waals surface area contributed by atoms with Gasteiger partial charge in [0.2, 0.25) is 17.0 Å². The number of hydrogen-bond acceptors (Lipinski definition) is 5. The van der Waals surface area contributed by atoms with Gasteiger partial charge in [0.15, 0.2) is 5.82 Å². The number of carbonyl (C=O) groups excluding carboxylic acids is 2. The van der Waals surface area contributed by atoms with Gasteiger partial charge in [-0.1, -0.05) is 71.9 Å². The molecule has 3 aromatic carbocycles. The Bertz CT molecular complexity index is 1270. The first-order valence-electron chi connectivity index (χ1n) is 9.60. The molecule has 2 amide bonds. The fourth-order valence-corrected chi connectivity index (χ4v) is 4.48. The van der Waals surface area contributed by atoms with E-state index in [2.05, 4.69) is 15.2 Å². The summed E-state index contributed by atoms with van der Waals surface area (Å²) in [4.78, 5) is 31.4. The Labute approximate surface area is 177 Å². The summed E-state index contributed by atoms with van der Waals surface area (Å²) in [6.45, 7) is 2.02. The van der Waals surface area contributed by atoms with Crippen LogP contribution in [0.5, 0.6) is 0 Å². The number of amides is 2. The number of rotatable bonds is 4. The lowest BCUT2D eigenvalue weighted by molar-refractivity contribution is -0.121. The van der Waals surface area contributed by atoms with Crippen molar-refractivity contribution in [2.24, 2.45) is 0 Å². The minimum absolute atomic E-state index is 0.130. The van der Waals surface area contributed by atoms with Crippen molar-refractivity contribution in [3.63, 3.8) is 0 Å². The highest BCUT2D eigenvalue weighted by molar-refractivity contribution is 8.00. The molecule has 1 N–H and O–H groups in total. The zero-order valence-electron chi connectivity index (χ0n) is 16.2. The monoisotopic (exact) mass is 414 g/mol. The summed E-state index contributed by atoms with van der Waals surface area (Å²) >= 11 is 1.22. The van der Waals surface area contributed by atoms with Gasteiger partial charge < -0.3 is 0 Å². The van der Waals surface area contributed by atoms with E-state index in [0.717, 1.165) is 21.9 Å². The molecule has 2 heterocycles. The van der Waals surface area contributed by atoms with Crippen LogP contribution in [0.3, 0.4) is 0 Å². The number of nitrogens with zero attached hydrogens (tertiary/aromatic N) is 3. The predicted octanol–water partition coefficient (Wildman–Crippen LogP) is 4.36. The number of carbonyl (C=O) groups is 2. The van der Waals surface area contributed by atoms with Crippen LogP contribution in [0.2, 0.25) is 0 Å². The van der Waals surface area contributed by atoms with Gasteiger partial charge in [-0.05, 0) is 29.8 Å². The molecule has 6 nitrogen and oxygen atoms in total.